The van der Waals surface area contributed by atoms with Gasteiger partial charge in [0, 0.05) is 5.56 Å². The number of carbonyl (C=O) groups is 1. The maximum Gasteiger partial charge on any atom is 0.417 e. The van der Waals surface area contributed by atoms with Crippen molar-refractivity contribution in [2.45, 2.75) is 39.4 Å². The van der Waals surface area contributed by atoms with Crippen molar-refractivity contribution in [2.75, 3.05) is 0 Å². The maximum absolute atomic E-state index is 13.7. The minimum absolute atomic E-state index is 0.0901. The molecule has 0 radical (unpaired) electrons. The summed E-state index contributed by atoms with van der Waals surface area (Å²) in [5.41, 5.74) is 0.830. The first-order valence-electron chi connectivity index (χ1n) is 8.35. The Bertz CT molecular complexity index is 1010. The normalized spacial score (nSPS) is 12.1. The Balaban J connectivity index is 2.26. The number of alkyl halides is 3. The molecule has 2 heterocycles. The topological polar surface area (TPSA) is 68.0 Å². The van der Waals surface area contributed by atoms with Crippen LogP contribution in [0.5, 0.6) is 0 Å². The van der Waals surface area contributed by atoms with Gasteiger partial charge < -0.3 is 5.11 Å². The maximum atomic E-state index is 13.7. The van der Waals surface area contributed by atoms with Gasteiger partial charge in [0.2, 0.25) is 0 Å². The van der Waals surface area contributed by atoms with E-state index in [1.165, 1.54) is 6.92 Å². The van der Waals surface area contributed by atoms with E-state index in [-0.39, 0.29) is 22.4 Å². The zero-order valence-corrected chi connectivity index (χ0v) is 15.0. The molecule has 27 heavy (non-hydrogen) atoms. The number of fused-ring (bicyclic) bond motifs is 1. The van der Waals surface area contributed by atoms with Crippen molar-refractivity contribution < 1.29 is 23.1 Å². The van der Waals surface area contributed by atoms with Crippen molar-refractivity contribution in [2.24, 2.45) is 0 Å². The summed E-state index contributed by atoms with van der Waals surface area (Å²) < 4.78 is 42.0. The molecule has 1 N–H and O–H groups in total. The van der Waals surface area contributed by atoms with Gasteiger partial charge in [0.15, 0.2) is 5.65 Å². The van der Waals surface area contributed by atoms with Crippen LogP contribution < -0.4 is 0 Å². The summed E-state index contributed by atoms with van der Waals surface area (Å²) in [6.07, 6.45) is -4.62. The number of hydrogen-bond acceptors (Lipinski definition) is 3. The second kappa shape index (κ2) is 6.68. The van der Waals surface area contributed by atoms with Gasteiger partial charge in [-0.25, -0.2) is 9.67 Å². The predicted molar refractivity (Wildman–Crippen MR) is 94.4 cm³/mol. The van der Waals surface area contributed by atoms with Crippen LogP contribution in [-0.4, -0.2) is 25.8 Å². The molecule has 3 aromatic rings. The molecule has 1 aromatic carbocycles. The minimum atomic E-state index is -4.62. The average molecular weight is 377 g/mol. The van der Waals surface area contributed by atoms with E-state index in [9.17, 15) is 18.0 Å². The summed E-state index contributed by atoms with van der Waals surface area (Å²) in [5.74, 6) is -0.915. The summed E-state index contributed by atoms with van der Waals surface area (Å²) >= 11 is 0. The first-order valence-corrected chi connectivity index (χ1v) is 8.35. The van der Waals surface area contributed by atoms with Gasteiger partial charge in [0.25, 0.3) is 0 Å². The highest BCUT2D eigenvalue weighted by Crippen LogP contribution is 2.38. The summed E-state index contributed by atoms with van der Waals surface area (Å²) in [6.45, 7) is 4.89. The van der Waals surface area contributed by atoms with Crippen molar-refractivity contribution >= 4 is 17.0 Å². The first-order chi connectivity index (χ1) is 12.6. The van der Waals surface area contributed by atoms with Crippen LogP contribution in [0.4, 0.5) is 13.2 Å². The molecule has 0 aliphatic heterocycles. The fourth-order valence-electron chi connectivity index (χ4n) is 3.00. The van der Waals surface area contributed by atoms with Gasteiger partial charge in [0.1, 0.15) is 6.54 Å². The number of pyridine rings is 1. The molecular weight excluding hydrogens is 359 g/mol. The molecule has 0 aliphatic rings. The number of carboxylic acid groups (broad SMARTS) is 1. The number of benzene rings is 1. The van der Waals surface area contributed by atoms with Crippen LogP contribution >= 0.6 is 0 Å². The number of halogens is 3. The molecule has 3 rings (SSSR count). The monoisotopic (exact) mass is 377 g/mol. The van der Waals surface area contributed by atoms with E-state index in [4.69, 9.17) is 5.11 Å². The van der Waals surface area contributed by atoms with Crippen LogP contribution in [0.25, 0.3) is 22.3 Å². The Morgan fingerprint density at radius 3 is 2.37 bits per heavy atom. The van der Waals surface area contributed by atoms with Crippen molar-refractivity contribution in [1.82, 2.24) is 14.8 Å². The standard InChI is InChI=1S/C19H18F3N3O2/c1-10(2)12-4-6-13(7-5-12)15-8-14(19(20,21)22)17-11(3)24-25(9-16(26)27)18(17)23-15/h4-8,10H,9H2,1-3H3,(H,26,27). The van der Waals surface area contributed by atoms with Crippen LogP contribution in [0.3, 0.4) is 0 Å². The zero-order valence-electron chi connectivity index (χ0n) is 15.0. The number of carboxylic acids is 1. The van der Waals surface area contributed by atoms with Gasteiger partial charge in [-0.05, 0) is 24.5 Å². The molecule has 0 unspecified atom stereocenters. The van der Waals surface area contributed by atoms with Crippen molar-refractivity contribution in [3.05, 3.63) is 47.2 Å². The fourth-order valence-corrected chi connectivity index (χ4v) is 3.00. The highest BCUT2D eigenvalue weighted by atomic mass is 19.4. The van der Waals surface area contributed by atoms with E-state index in [1.807, 2.05) is 26.0 Å². The largest absolute Gasteiger partial charge is 0.480 e. The molecule has 142 valence electrons. The molecule has 0 spiro atoms. The Morgan fingerprint density at radius 2 is 1.85 bits per heavy atom. The Morgan fingerprint density at radius 1 is 1.22 bits per heavy atom. The fraction of sp³-hybridized carbons (Fsp3) is 0.316. The van der Waals surface area contributed by atoms with Crippen LogP contribution in [0.15, 0.2) is 30.3 Å². The van der Waals surface area contributed by atoms with E-state index in [1.54, 1.807) is 12.1 Å². The van der Waals surface area contributed by atoms with Gasteiger partial charge in [-0.2, -0.15) is 18.3 Å². The predicted octanol–water partition coefficient (Wildman–Crippen LogP) is 4.63. The lowest BCUT2D eigenvalue weighted by molar-refractivity contribution is -0.138. The quantitative estimate of drug-likeness (QED) is 0.720. The molecule has 8 heteroatoms. The molecule has 0 atom stereocenters. The lowest BCUT2D eigenvalue weighted by Gasteiger charge is -2.12. The lowest BCUT2D eigenvalue weighted by Crippen LogP contribution is -2.12. The summed E-state index contributed by atoms with van der Waals surface area (Å²) in [6, 6.07) is 8.12. The van der Waals surface area contributed by atoms with Gasteiger partial charge in [0.05, 0.1) is 22.3 Å². The Hall–Kier alpha value is -2.90. The molecule has 0 saturated heterocycles. The summed E-state index contributed by atoms with van der Waals surface area (Å²) in [5, 5.41) is 12.8. The van der Waals surface area contributed by atoms with Crippen molar-refractivity contribution in [3.63, 3.8) is 0 Å². The van der Waals surface area contributed by atoms with Gasteiger partial charge >= 0.3 is 12.1 Å². The molecule has 0 aliphatic carbocycles. The molecule has 0 amide bonds. The molecule has 0 bridgehead atoms. The van der Waals surface area contributed by atoms with Gasteiger partial charge in [-0.1, -0.05) is 38.1 Å². The van der Waals surface area contributed by atoms with Crippen LogP contribution in [0.1, 0.15) is 36.6 Å². The second-order valence-corrected chi connectivity index (χ2v) is 6.66. The van der Waals surface area contributed by atoms with Crippen LogP contribution in [-0.2, 0) is 17.5 Å². The van der Waals surface area contributed by atoms with E-state index in [0.29, 0.717) is 11.5 Å². The highest BCUT2D eigenvalue weighted by molar-refractivity contribution is 5.86. The van der Waals surface area contributed by atoms with Crippen LogP contribution in [0, 0.1) is 6.92 Å². The number of aromatic nitrogens is 3. The molecule has 5 nitrogen and oxygen atoms in total. The molecular formula is C19H18F3N3O2. The van der Waals surface area contributed by atoms with E-state index in [0.717, 1.165) is 16.3 Å². The summed E-state index contributed by atoms with van der Waals surface area (Å²) in [7, 11) is 0. The smallest absolute Gasteiger partial charge is 0.417 e. The first kappa shape index (κ1) is 18.9. The van der Waals surface area contributed by atoms with Crippen LogP contribution in [0.2, 0.25) is 0 Å². The SMILES string of the molecule is Cc1nn(CC(=O)O)c2nc(-c3ccc(C(C)C)cc3)cc(C(F)(F)F)c12. The number of hydrogen-bond donors (Lipinski definition) is 1. The third-order valence-corrected chi connectivity index (χ3v) is 4.34. The minimum Gasteiger partial charge on any atom is -0.480 e. The number of rotatable bonds is 4. The zero-order chi connectivity index (χ0) is 19.9. The third-order valence-electron chi connectivity index (χ3n) is 4.34. The molecule has 0 saturated carbocycles. The molecule has 2 aromatic heterocycles. The number of aryl methyl sites for hydroxylation is 1. The van der Waals surface area contributed by atoms with Gasteiger partial charge in [-0.15, -0.1) is 0 Å². The summed E-state index contributed by atoms with van der Waals surface area (Å²) in [4.78, 5) is 15.4. The third kappa shape index (κ3) is 3.65. The average Bonchev–Trinajstić information content (AvgIpc) is 2.88. The Kier molecular flexibility index (Phi) is 4.67. The van der Waals surface area contributed by atoms with Crippen molar-refractivity contribution in [1.29, 1.82) is 0 Å². The highest BCUT2D eigenvalue weighted by Gasteiger charge is 2.35. The van der Waals surface area contributed by atoms with Crippen molar-refractivity contribution in [3.8, 4) is 11.3 Å². The second-order valence-electron chi connectivity index (χ2n) is 6.66. The van der Waals surface area contributed by atoms with E-state index in [2.05, 4.69) is 10.1 Å². The van der Waals surface area contributed by atoms with E-state index < -0.39 is 24.3 Å². The molecule has 0 fully saturated rings. The number of aliphatic carboxylic acids is 1. The van der Waals surface area contributed by atoms with E-state index >= 15 is 0 Å². The van der Waals surface area contributed by atoms with Gasteiger partial charge in [-0.3, -0.25) is 4.79 Å². The Labute approximate surface area is 153 Å². The number of nitrogens with zero attached hydrogens (tertiary/aromatic N) is 3. The lowest BCUT2D eigenvalue weighted by atomic mass is 9.99.